The van der Waals surface area contributed by atoms with E-state index in [1.54, 1.807) is 17.8 Å². The first-order valence-electron chi connectivity index (χ1n) is 5.39. The number of aliphatic hydroxyl groups is 1. The summed E-state index contributed by atoms with van der Waals surface area (Å²) in [5.74, 6) is -0.219. The maximum Gasteiger partial charge on any atom is 0.128 e. The van der Waals surface area contributed by atoms with Gasteiger partial charge in [-0.3, -0.25) is 0 Å². The van der Waals surface area contributed by atoms with E-state index < -0.39 is 0 Å². The van der Waals surface area contributed by atoms with Crippen molar-refractivity contribution >= 4 is 27.7 Å². The van der Waals surface area contributed by atoms with Crippen LogP contribution in [-0.2, 0) is 6.54 Å². The molecule has 0 saturated heterocycles. The summed E-state index contributed by atoms with van der Waals surface area (Å²) < 4.78 is 14.3. The molecule has 0 radical (unpaired) electrons. The zero-order chi connectivity index (χ0) is 12.8. The van der Waals surface area contributed by atoms with Crippen molar-refractivity contribution in [3.63, 3.8) is 0 Å². The second-order valence-corrected chi connectivity index (χ2v) is 5.85. The third-order valence-corrected chi connectivity index (χ3v) is 4.33. The highest BCUT2D eigenvalue weighted by Gasteiger charge is 2.14. The van der Waals surface area contributed by atoms with Crippen LogP contribution >= 0.6 is 27.7 Å². The summed E-state index contributed by atoms with van der Waals surface area (Å²) in [4.78, 5) is 0. The quantitative estimate of drug-likeness (QED) is 0.845. The van der Waals surface area contributed by atoms with E-state index in [4.69, 9.17) is 5.11 Å². The number of benzene rings is 1. The maximum atomic E-state index is 13.5. The summed E-state index contributed by atoms with van der Waals surface area (Å²) in [7, 11) is 0. The number of aliphatic hydroxyl groups excluding tert-OH is 1. The Balaban J connectivity index is 2.55. The Morgan fingerprint density at radius 1 is 1.53 bits per heavy atom. The van der Waals surface area contributed by atoms with Crippen LogP contribution in [-0.4, -0.2) is 29.3 Å². The van der Waals surface area contributed by atoms with E-state index >= 15 is 0 Å². The highest BCUT2D eigenvalue weighted by molar-refractivity contribution is 9.10. The van der Waals surface area contributed by atoms with E-state index in [1.165, 1.54) is 6.07 Å². The van der Waals surface area contributed by atoms with Gasteiger partial charge in [-0.15, -0.1) is 0 Å². The molecule has 0 bridgehead atoms. The van der Waals surface area contributed by atoms with Crippen LogP contribution < -0.4 is 5.32 Å². The lowest BCUT2D eigenvalue weighted by atomic mass is 10.2. The lowest BCUT2D eigenvalue weighted by molar-refractivity contribution is 0.275. The van der Waals surface area contributed by atoms with Gasteiger partial charge in [-0.2, -0.15) is 11.8 Å². The van der Waals surface area contributed by atoms with Crippen molar-refractivity contribution < 1.29 is 9.50 Å². The van der Waals surface area contributed by atoms with Crippen molar-refractivity contribution in [1.29, 1.82) is 0 Å². The van der Waals surface area contributed by atoms with Crippen LogP contribution in [0.2, 0.25) is 0 Å². The van der Waals surface area contributed by atoms with E-state index in [-0.39, 0.29) is 23.7 Å². The molecular weight excluding hydrogens is 305 g/mol. The summed E-state index contributed by atoms with van der Waals surface area (Å²) in [6, 6.07) is 5.17. The molecule has 5 heteroatoms. The first-order chi connectivity index (χ1) is 8.08. The summed E-state index contributed by atoms with van der Waals surface area (Å²) in [5.41, 5.74) is 0.637. The van der Waals surface area contributed by atoms with Crippen LogP contribution in [0.25, 0.3) is 0 Å². The molecule has 1 aromatic carbocycles. The Bertz CT molecular complexity index is 360. The molecule has 0 amide bonds. The van der Waals surface area contributed by atoms with Crippen LogP contribution in [0.15, 0.2) is 22.7 Å². The fourth-order valence-corrected chi connectivity index (χ4v) is 2.49. The summed E-state index contributed by atoms with van der Waals surface area (Å²) in [5, 5.41) is 12.5. The molecule has 2 N–H and O–H groups in total. The molecule has 0 saturated carbocycles. The van der Waals surface area contributed by atoms with Gasteiger partial charge in [0.15, 0.2) is 0 Å². The summed E-state index contributed by atoms with van der Waals surface area (Å²) in [6.07, 6.45) is 1.96. The van der Waals surface area contributed by atoms with E-state index in [0.717, 1.165) is 4.47 Å². The Hall–Kier alpha value is -0.100. The van der Waals surface area contributed by atoms with Crippen molar-refractivity contribution in [3.8, 4) is 0 Å². The standard InChI is InChI=1S/C12H17BrFNOS/c1-8(12(7-16)17-2)15-6-9-3-4-10(13)5-11(9)14/h3-5,8,12,15-16H,6-7H2,1-2H3. The second-order valence-electron chi connectivity index (χ2n) is 3.86. The molecule has 2 nitrogen and oxygen atoms in total. The van der Waals surface area contributed by atoms with Crippen molar-refractivity contribution in [2.45, 2.75) is 24.8 Å². The summed E-state index contributed by atoms with van der Waals surface area (Å²) in [6.45, 7) is 2.59. The minimum Gasteiger partial charge on any atom is -0.395 e. The summed E-state index contributed by atoms with van der Waals surface area (Å²) >= 11 is 4.83. The molecule has 0 aromatic heterocycles. The number of thioether (sulfide) groups is 1. The number of nitrogens with one attached hydrogen (secondary N) is 1. The lowest BCUT2D eigenvalue weighted by Crippen LogP contribution is -2.37. The van der Waals surface area contributed by atoms with Crippen LogP contribution in [0.5, 0.6) is 0 Å². The highest BCUT2D eigenvalue weighted by Crippen LogP contribution is 2.16. The normalized spacial score (nSPS) is 14.6. The van der Waals surface area contributed by atoms with Gasteiger partial charge in [0.05, 0.1) is 6.61 Å². The Morgan fingerprint density at radius 3 is 2.76 bits per heavy atom. The predicted molar refractivity (Wildman–Crippen MR) is 74.8 cm³/mol. The Morgan fingerprint density at radius 2 is 2.24 bits per heavy atom. The first-order valence-corrected chi connectivity index (χ1v) is 7.47. The minimum absolute atomic E-state index is 0.123. The fraction of sp³-hybridized carbons (Fsp3) is 0.500. The maximum absolute atomic E-state index is 13.5. The molecule has 0 spiro atoms. The average molecular weight is 322 g/mol. The van der Waals surface area contributed by atoms with E-state index in [1.807, 2.05) is 19.2 Å². The molecule has 0 heterocycles. The minimum atomic E-state index is -0.219. The fourth-order valence-electron chi connectivity index (χ4n) is 1.50. The SMILES string of the molecule is CSC(CO)C(C)NCc1ccc(Br)cc1F. The van der Waals surface area contributed by atoms with Gasteiger partial charge < -0.3 is 10.4 Å². The molecule has 0 aliphatic carbocycles. The molecule has 2 unspecified atom stereocenters. The average Bonchev–Trinajstić information content (AvgIpc) is 2.29. The van der Waals surface area contributed by atoms with Crippen LogP contribution in [0, 0.1) is 5.82 Å². The molecule has 2 atom stereocenters. The molecule has 0 fully saturated rings. The molecule has 1 aromatic rings. The van der Waals surface area contributed by atoms with Crippen molar-refractivity contribution in [1.82, 2.24) is 5.32 Å². The third-order valence-electron chi connectivity index (χ3n) is 2.67. The van der Waals surface area contributed by atoms with Gasteiger partial charge in [0.2, 0.25) is 0 Å². The Labute approximate surface area is 114 Å². The molecule has 0 aliphatic rings. The molecule has 17 heavy (non-hydrogen) atoms. The lowest BCUT2D eigenvalue weighted by Gasteiger charge is -2.21. The molecular formula is C12H17BrFNOS. The smallest absolute Gasteiger partial charge is 0.128 e. The van der Waals surface area contributed by atoms with Crippen molar-refractivity contribution in [3.05, 3.63) is 34.1 Å². The van der Waals surface area contributed by atoms with Crippen molar-refractivity contribution in [2.24, 2.45) is 0 Å². The molecule has 0 aliphatic heterocycles. The first kappa shape index (κ1) is 15.0. The van der Waals surface area contributed by atoms with Gasteiger partial charge in [-0.05, 0) is 25.3 Å². The monoisotopic (exact) mass is 321 g/mol. The van der Waals surface area contributed by atoms with Gasteiger partial charge in [0, 0.05) is 27.9 Å². The van der Waals surface area contributed by atoms with Gasteiger partial charge >= 0.3 is 0 Å². The number of hydrogen-bond acceptors (Lipinski definition) is 3. The molecule has 96 valence electrons. The number of hydrogen-bond donors (Lipinski definition) is 2. The Kier molecular flexibility index (Phi) is 6.48. The van der Waals surface area contributed by atoms with Crippen LogP contribution in [0.3, 0.4) is 0 Å². The van der Waals surface area contributed by atoms with Gasteiger partial charge in [-0.1, -0.05) is 22.0 Å². The number of halogens is 2. The van der Waals surface area contributed by atoms with Crippen LogP contribution in [0.4, 0.5) is 4.39 Å². The molecule has 1 rings (SSSR count). The zero-order valence-corrected chi connectivity index (χ0v) is 12.3. The van der Waals surface area contributed by atoms with Crippen molar-refractivity contribution in [2.75, 3.05) is 12.9 Å². The van der Waals surface area contributed by atoms with Gasteiger partial charge in [-0.25, -0.2) is 4.39 Å². The zero-order valence-electron chi connectivity index (χ0n) is 9.91. The number of rotatable bonds is 6. The third kappa shape index (κ3) is 4.58. The van der Waals surface area contributed by atoms with E-state index in [0.29, 0.717) is 12.1 Å². The topological polar surface area (TPSA) is 32.3 Å². The van der Waals surface area contributed by atoms with E-state index in [2.05, 4.69) is 21.2 Å². The largest absolute Gasteiger partial charge is 0.395 e. The van der Waals surface area contributed by atoms with Gasteiger partial charge in [0.1, 0.15) is 5.82 Å². The van der Waals surface area contributed by atoms with Gasteiger partial charge in [0.25, 0.3) is 0 Å². The highest BCUT2D eigenvalue weighted by atomic mass is 79.9. The van der Waals surface area contributed by atoms with E-state index in [9.17, 15) is 4.39 Å². The predicted octanol–water partition coefficient (Wildman–Crippen LogP) is 2.79. The van der Waals surface area contributed by atoms with Crippen LogP contribution in [0.1, 0.15) is 12.5 Å². The second kappa shape index (κ2) is 7.36.